The van der Waals surface area contributed by atoms with Crippen LogP contribution in [0.4, 0.5) is 5.69 Å². The largest absolute Gasteiger partial charge is 0.386 e. The number of aliphatic hydroxyl groups is 1. The Morgan fingerprint density at radius 2 is 2.18 bits per heavy atom. The first-order valence-corrected chi connectivity index (χ1v) is 7.38. The van der Waals surface area contributed by atoms with E-state index in [1.54, 1.807) is 6.20 Å². The maximum atomic E-state index is 11.4. The zero-order valence-corrected chi connectivity index (χ0v) is 12.0. The van der Waals surface area contributed by atoms with Crippen molar-refractivity contribution < 1.29 is 14.6 Å². The molecule has 1 aromatic heterocycles. The third-order valence-corrected chi connectivity index (χ3v) is 4.28. The Kier molecular flexibility index (Phi) is 3.17. The minimum absolute atomic E-state index is 0.0653. The number of pyridine rings is 1. The fraction of sp³-hybridized carbons (Fsp3) is 0.294. The smallest absolute Gasteiger partial charge is 0.224 e. The van der Waals surface area contributed by atoms with Gasteiger partial charge in [-0.05, 0) is 35.2 Å². The summed E-state index contributed by atoms with van der Waals surface area (Å²) in [5.41, 5.74) is 5.87. The average molecular weight is 296 g/mol. The normalized spacial score (nSPS) is 20.0. The fourth-order valence-electron chi connectivity index (χ4n) is 3.11. The second-order valence-electron chi connectivity index (χ2n) is 5.71. The molecule has 0 saturated carbocycles. The molecule has 1 amide bonds. The molecule has 0 saturated heterocycles. The molecule has 2 aliphatic heterocycles. The Morgan fingerprint density at radius 1 is 1.27 bits per heavy atom. The summed E-state index contributed by atoms with van der Waals surface area (Å²) in [6, 6.07) is 6.00. The van der Waals surface area contributed by atoms with E-state index in [-0.39, 0.29) is 5.91 Å². The van der Waals surface area contributed by atoms with Gasteiger partial charge in [-0.25, -0.2) is 0 Å². The van der Waals surface area contributed by atoms with E-state index < -0.39 is 6.10 Å². The van der Waals surface area contributed by atoms with Crippen LogP contribution in [-0.2, 0) is 22.6 Å². The van der Waals surface area contributed by atoms with E-state index in [0.29, 0.717) is 19.6 Å². The Labute approximate surface area is 128 Å². The molecule has 1 aromatic carbocycles. The van der Waals surface area contributed by atoms with Gasteiger partial charge in [-0.15, -0.1) is 0 Å². The van der Waals surface area contributed by atoms with E-state index >= 15 is 0 Å². The van der Waals surface area contributed by atoms with Crippen molar-refractivity contribution in [1.82, 2.24) is 4.98 Å². The first-order chi connectivity index (χ1) is 10.7. The van der Waals surface area contributed by atoms with Crippen molar-refractivity contribution in [2.75, 3.05) is 11.9 Å². The van der Waals surface area contributed by atoms with Gasteiger partial charge in [-0.2, -0.15) is 0 Å². The zero-order valence-electron chi connectivity index (χ0n) is 12.0. The van der Waals surface area contributed by atoms with Crippen LogP contribution in [0.3, 0.4) is 0 Å². The van der Waals surface area contributed by atoms with Gasteiger partial charge < -0.3 is 15.2 Å². The highest BCUT2D eigenvalue weighted by atomic mass is 16.5. The molecule has 0 spiro atoms. The standard InChI is InChI=1S/C17H16N2O3/c20-16-9-22-8-14-12(6-18-7-13(14)16)10-1-3-15-11(5-10)2-4-17(21)19-15/h1,3,5-7,16,20H,2,4,8-9H2,(H,19,21). The number of hydrogen-bond acceptors (Lipinski definition) is 4. The van der Waals surface area contributed by atoms with Crippen molar-refractivity contribution >= 4 is 11.6 Å². The van der Waals surface area contributed by atoms with Gasteiger partial charge >= 0.3 is 0 Å². The molecule has 4 rings (SSSR count). The summed E-state index contributed by atoms with van der Waals surface area (Å²) in [5, 5.41) is 12.9. The Morgan fingerprint density at radius 3 is 3.09 bits per heavy atom. The number of aryl methyl sites for hydroxylation is 1. The molecule has 1 unspecified atom stereocenters. The number of hydrogen-bond donors (Lipinski definition) is 2. The number of nitrogens with one attached hydrogen (secondary N) is 1. The van der Waals surface area contributed by atoms with Crippen LogP contribution in [0.2, 0.25) is 0 Å². The molecule has 0 radical (unpaired) electrons. The van der Waals surface area contributed by atoms with Crippen molar-refractivity contribution in [3.8, 4) is 11.1 Å². The Bertz CT molecular complexity index is 758. The van der Waals surface area contributed by atoms with E-state index in [9.17, 15) is 9.90 Å². The quantitative estimate of drug-likeness (QED) is 0.846. The number of fused-ring (bicyclic) bond motifs is 2. The summed E-state index contributed by atoms with van der Waals surface area (Å²) < 4.78 is 5.46. The van der Waals surface area contributed by atoms with Crippen LogP contribution < -0.4 is 5.32 Å². The molecule has 1 atom stereocenters. The molecule has 22 heavy (non-hydrogen) atoms. The van der Waals surface area contributed by atoms with Crippen LogP contribution in [0.5, 0.6) is 0 Å². The molecular weight excluding hydrogens is 280 g/mol. The molecule has 5 nitrogen and oxygen atoms in total. The van der Waals surface area contributed by atoms with Crippen molar-refractivity contribution in [2.45, 2.75) is 25.6 Å². The number of ether oxygens (including phenoxy) is 1. The third kappa shape index (κ3) is 2.19. The number of aliphatic hydroxyl groups excluding tert-OH is 1. The van der Waals surface area contributed by atoms with Crippen LogP contribution in [-0.4, -0.2) is 22.6 Å². The zero-order chi connectivity index (χ0) is 15.1. The van der Waals surface area contributed by atoms with Crippen LogP contribution in [0.1, 0.15) is 29.2 Å². The predicted molar refractivity (Wildman–Crippen MR) is 81.2 cm³/mol. The number of carbonyl (C=O) groups is 1. The number of rotatable bonds is 1. The van der Waals surface area contributed by atoms with E-state index in [4.69, 9.17) is 4.74 Å². The van der Waals surface area contributed by atoms with Gasteiger partial charge in [0.15, 0.2) is 0 Å². The molecule has 0 fully saturated rings. The SMILES string of the molecule is O=C1CCc2cc(-c3cncc4c3COCC4O)ccc2N1. The Balaban J connectivity index is 1.80. The van der Waals surface area contributed by atoms with Crippen molar-refractivity contribution in [2.24, 2.45) is 0 Å². The van der Waals surface area contributed by atoms with Gasteiger partial charge in [-0.1, -0.05) is 6.07 Å². The van der Waals surface area contributed by atoms with Gasteiger partial charge in [0.25, 0.3) is 0 Å². The molecular formula is C17H16N2O3. The summed E-state index contributed by atoms with van der Waals surface area (Å²) in [6.07, 6.45) is 4.17. The lowest BCUT2D eigenvalue weighted by Crippen LogP contribution is -2.19. The Hall–Kier alpha value is -2.24. The summed E-state index contributed by atoms with van der Waals surface area (Å²) >= 11 is 0. The lowest BCUT2D eigenvalue weighted by molar-refractivity contribution is -0.116. The van der Waals surface area contributed by atoms with Crippen molar-refractivity contribution in [3.63, 3.8) is 0 Å². The maximum Gasteiger partial charge on any atom is 0.224 e. The second kappa shape index (κ2) is 5.19. The lowest BCUT2D eigenvalue weighted by Gasteiger charge is -2.24. The molecule has 3 heterocycles. The van der Waals surface area contributed by atoms with Crippen LogP contribution >= 0.6 is 0 Å². The van der Waals surface area contributed by atoms with E-state index in [0.717, 1.165) is 39.9 Å². The van der Waals surface area contributed by atoms with Gasteiger partial charge in [0, 0.05) is 35.6 Å². The van der Waals surface area contributed by atoms with Gasteiger partial charge in [0.1, 0.15) is 6.10 Å². The van der Waals surface area contributed by atoms with Crippen molar-refractivity contribution in [3.05, 3.63) is 47.3 Å². The van der Waals surface area contributed by atoms with Crippen molar-refractivity contribution in [1.29, 1.82) is 0 Å². The number of benzene rings is 1. The molecule has 0 aliphatic carbocycles. The van der Waals surface area contributed by atoms with Crippen LogP contribution in [0.25, 0.3) is 11.1 Å². The number of aromatic nitrogens is 1. The summed E-state index contributed by atoms with van der Waals surface area (Å²) in [5.74, 6) is 0.0653. The molecule has 0 bridgehead atoms. The second-order valence-corrected chi connectivity index (χ2v) is 5.71. The first kappa shape index (κ1) is 13.4. The average Bonchev–Trinajstić information content (AvgIpc) is 2.54. The summed E-state index contributed by atoms with van der Waals surface area (Å²) in [4.78, 5) is 15.7. The summed E-state index contributed by atoms with van der Waals surface area (Å²) in [7, 11) is 0. The number of nitrogens with zero attached hydrogens (tertiary/aromatic N) is 1. The predicted octanol–water partition coefficient (Wildman–Crippen LogP) is 2.20. The first-order valence-electron chi connectivity index (χ1n) is 7.38. The minimum atomic E-state index is -0.617. The molecule has 2 N–H and O–H groups in total. The molecule has 2 aromatic rings. The molecule has 112 valence electrons. The lowest BCUT2D eigenvalue weighted by atomic mass is 9.92. The van der Waals surface area contributed by atoms with E-state index in [2.05, 4.69) is 16.4 Å². The number of carbonyl (C=O) groups excluding carboxylic acids is 1. The fourth-order valence-corrected chi connectivity index (χ4v) is 3.11. The van der Waals surface area contributed by atoms with Gasteiger partial charge in [0.2, 0.25) is 5.91 Å². The summed E-state index contributed by atoms with van der Waals surface area (Å²) in [6.45, 7) is 0.798. The number of amides is 1. The molecule has 5 heteroatoms. The van der Waals surface area contributed by atoms with Gasteiger partial charge in [0.05, 0.1) is 13.2 Å². The minimum Gasteiger partial charge on any atom is -0.386 e. The third-order valence-electron chi connectivity index (χ3n) is 4.28. The highest BCUT2D eigenvalue weighted by molar-refractivity contribution is 5.94. The van der Waals surface area contributed by atoms with E-state index in [1.165, 1.54) is 0 Å². The highest BCUT2D eigenvalue weighted by Crippen LogP contribution is 2.34. The maximum absolute atomic E-state index is 11.4. The number of anilines is 1. The molecule has 2 aliphatic rings. The van der Waals surface area contributed by atoms with Crippen LogP contribution in [0, 0.1) is 0 Å². The highest BCUT2D eigenvalue weighted by Gasteiger charge is 2.23. The monoisotopic (exact) mass is 296 g/mol. The van der Waals surface area contributed by atoms with E-state index in [1.807, 2.05) is 18.3 Å². The topological polar surface area (TPSA) is 71.5 Å². The van der Waals surface area contributed by atoms with Gasteiger partial charge in [-0.3, -0.25) is 9.78 Å². The van der Waals surface area contributed by atoms with Crippen LogP contribution in [0.15, 0.2) is 30.6 Å².